The zero-order valence-corrected chi connectivity index (χ0v) is 13.8. The molecule has 4 rings (SSSR count). The molecule has 1 atom stereocenters. The van der Waals surface area contributed by atoms with E-state index in [0.717, 1.165) is 38.3 Å². The van der Waals surface area contributed by atoms with Gasteiger partial charge in [0.1, 0.15) is 5.82 Å². The van der Waals surface area contributed by atoms with Gasteiger partial charge in [0.05, 0.1) is 6.10 Å². The van der Waals surface area contributed by atoms with E-state index in [-0.39, 0.29) is 11.5 Å². The zero-order valence-electron chi connectivity index (χ0n) is 13.8. The molecule has 0 unspecified atom stereocenters. The maximum absolute atomic E-state index is 9.84. The molecule has 7 nitrogen and oxygen atoms in total. The molecule has 3 heterocycles. The molecule has 2 aliphatic rings. The van der Waals surface area contributed by atoms with E-state index in [4.69, 9.17) is 0 Å². The highest BCUT2D eigenvalue weighted by atomic mass is 16.3. The minimum absolute atomic E-state index is 0.256. The first-order chi connectivity index (χ1) is 11.7. The third-order valence-electron chi connectivity index (χ3n) is 5.00. The van der Waals surface area contributed by atoms with Crippen LogP contribution in [-0.4, -0.2) is 50.6 Å². The van der Waals surface area contributed by atoms with Crippen LogP contribution in [0.5, 0.6) is 0 Å². The number of rotatable bonds is 6. The summed E-state index contributed by atoms with van der Waals surface area (Å²) >= 11 is 0. The normalized spacial score (nSPS) is 22.4. The second-order valence-corrected chi connectivity index (χ2v) is 7.04. The molecular formula is C17H24N6O. The van der Waals surface area contributed by atoms with E-state index in [0.29, 0.717) is 12.5 Å². The third kappa shape index (κ3) is 3.51. The van der Waals surface area contributed by atoms with Crippen LogP contribution in [0.3, 0.4) is 0 Å². The molecule has 0 spiro atoms. The zero-order chi connectivity index (χ0) is 16.4. The number of aliphatic hydroxyl groups is 1. The lowest BCUT2D eigenvalue weighted by molar-refractivity contribution is 0.154. The van der Waals surface area contributed by atoms with Crippen LogP contribution in [0.25, 0.3) is 0 Å². The SMILES string of the molecule is O[C@H]1CCCN(c2ccnc(NCC3(Cn4cccn4)CC3)n2)C1. The molecule has 0 amide bonds. The first-order valence-corrected chi connectivity index (χ1v) is 8.70. The summed E-state index contributed by atoms with van der Waals surface area (Å²) in [6, 6.07) is 3.88. The van der Waals surface area contributed by atoms with Crippen molar-refractivity contribution in [3.8, 4) is 0 Å². The molecule has 2 N–H and O–H groups in total. The van der Waals surface area contributed by atoms with Crippen LogP contribution in [0.1, 0.15) is 25.7 Å². The van der Waals surface area contributed by atoms with Crippen LogP contribution in [0, 0.1) is 5.41 Å². The molecule has 0 aromatic carbocycles. The van der Waals surface area contributed by atoms with E-state index in [1.54, 1.807) is 6.20 Å². The van der Waals surface area contributed by atoms with Gasteiger partial charge in [-0.1, -0.05) is 0 Å². The van der Waals surface area contributed by atoms with Crippen molar-refractivity contribution in [3.05, 3.63) is 30.7 Å². The highest BCUT2D eigenvalue weighted by molar-refractivity contribution is 5.43. The first-order valence-electron chi connectivity index (χ1n) is 8.70. The summed E-state index contributed by atoms with van der Waals surface area (Å²) in [4.78, 5) is 11.1. The van der Waals surface area contributed by atoms with Crippen LogP contribution in [0.15, 0.2) is 30.7 Å². The molecule has 7 heteroatoms. The Morgan fingerprint density at radius 2 is 2.25 bits per heavy atom. The number of nitrogens with zero attached hydrogens (tertiary/aromatic N) is 5. The first kappa shape index (κ1) is 15.4. The molecule has 0 radical (unpaired) electrons. The molecule has 1 aliphatic heterocycles. The molecule has 0 bridgehead atoms. The summed E-state index contributed by atoms with van der Waals surface area (Å²) in [5.41, 5.74) is 0.271. The number of aliphatic hydroxyl groups excluding tert-OH is 1. The van der Waals surface area contributed by atoms with Crippen LogP contribution in [0.4, 0.5) is 11.8 Å². The van der Waals surface area contributed by atoms with E-state index < -0.39 is 0 Å². The van der Waals surface area contributed by atoms with Crippen molar-refractivity contribution >= 4 is 11.8 Å². The standard InChI is InChI=1S/C17H24N6O/c24-14-3-1-9-22(11-14)15-4-8-18-16(21-15)19-12-17(5-6-17)13-23-10-2-7-20-23/h2,4,7-8,10,14,24H,1,3,5-6,9,11-13H2,(H,18,19,21)/t14-/m0/s1. The average Bonchev–Trinajstić information content (AvgIpc) is 3.17. The van der Waals surface area contributed by atoms with Crippen molar-refractivity contribution in [3.63, 3.8) is 0 Å². The second-order valence-electron chi connectivity index (χ2n) is 7.04. The predicted octanol–water partition coefficient (Wildman–Crippen LogP) is 1.53. The van der Waals surface area contributed by atoms with Gasteiger partial charge in [-0.3, -0.25) is 4.68 Å². The molecule has 128 valence electrons. The number of anilines is 2. The summed E-state index contributed by atoms with van der Waals surface area (Å²) in [6.07, 6.45) is 9.66. The molecular weight excluding hydrogens is 304 g/mol. The van der Waals surface area contributed by atoms with Crippen LogP contribution >= 0.6 is 0 Å². The maximum Gasteiger partial charge on any atom is 0.224 e. The van der Waals surface area contributed by atoms with Crippen molar-refractivity contribution in [2.24, 2.45) is 5.41 Å². The molecule has 1 saturated carbocycles. The lowest BCUT2D eigenvalue weighted by atomic mass is 10.1. The van der Waals surface area contributed by atoms with Crippen LogP contribution in [-0.2, 0) is 6.54 Å². The van der Waals surface area contributed by atoms with Crippen molar-refractivity contribution in [2.45, 2.75) is 38.3 Å². The van der Waals surface area contributed by atoms with E-state index >= 15 is 0 Å². The highest BCUT2D eigenvalue weighted by Gasteiger charge is 2.43. The van der Waals surface area contributed by atoms with Crippen molar-refractivity contribution in [1.29, 1.82) is 0 Å². The number of hydrogen-bond acceptors (Lipinski definition) is 6. The molecule has 2 aromatic rings. The lowest BCUT2D eigenvalue weighted by Gasteiger charge is -2.31. The summed E-state index contributed by atoms with van der Waals surface area (Å²) in [7, 11) is 0. The van der Waals surface area contributed by atoms with Gasteiger partial charge in [-0.2, -0.15) is 10.1 Å². The molecule has 2 aromatic heterocycles. The largest absolute Gasteiger partial charge is 0.391 e. The number of β-amino-alcohol motifs (C(OH)–C–C–N with tert-alkyl or cyclic N) is 1. The molecule has 1 aliphatic carbocycles. The van der Waals surface area contributed by atoms with E-state index in [1.165, 1.54) is 12.8 Å². The molecule has 2 fully saturated rings. The minimum atomic E-state index is -0.256. The molecule has 24 heavy (non-hydrogen) atoms. The minimum Gasteiger partial charge on any atom is -0.391 e. The predicted molar refractivity (Wildman–Crippen MR) is 91.9 cm³/mol. The Hall–Kier alpha value is -2.15. The van der Waals surface area contributed by atoms with Crippen LogP contribution < -0.4 is 10.2 Å². The quantitative estimate of drug-likeness (QED) is 0.837. The maximum atomic E-state index is 9.84. The third-order valence-corrected chi connectivity index (χ3v) is 5.00. The Morgan fingerprint density at radius 1 is 1.33 bits per heavy atom. The van der Waals surface area contributed by atoms with Gasteiger partial charge in [-0.05, 0) is 37.8 Å². The molecule has 1 saturated heterocycles. The topological polar surface area (TPSA) is 79.1 Å². The van der Waals surface area contributed by atoms with Crippen molar-refractivity contribution < 1.29 is 5.11 Å². The summed E-state index contributed by atoms with van der Waals surface area (Å²) in [5.74, 6) is 1.56. The Balaban J connectivity index is 1.37. The van der Waals surface area contributed by atoms with Gasteiger partial charge >= 0.3 is 0 Å². The van der Waals surface area contributed by atoms with Crippen molar-refractivity contribution in [2.75, 3.05) is 29.9 Å². The Kier molecular flexibility index (Phi) is 4.10. The Labute approximate surface area is 141 Å². The number of nitrogens with one attached hydrogen (secondary N) is 1. The number of piperidine rings is 1. The fraction of sp³-hybridized carbons (Fsp3) is 0.588. The Bertz CT molecular complexity index is 669. The highest BCUT2D eigenvalue weighted by Crippen LogP contribution is 2.46. The van der Waals surface area contributed by atoms with Gasteiger partial charge in [0.15, 0.2) is 0 Å². The van der Waals surface area contributed by atoms with Crippen LogP contribution in [0.2, 0.25) is 0 Å². The summed E-state index contributed by atoms with van der Waals surface area (Å²) in [5, 5.41) is 17.5. The van der Waals surface area contributed by atoms with E-state index in [9.17, 15) is 5.11 Å². The summed E-state index contributed by atoms with van der Waals surface area (Å²) in [6.45, 7) is 3.39. The van der Waals surface area contributed by atoms with Gasteiger partial charge in [0.25, 0.3) is 0 Å². The van der Waals surface area contributed by atoms with Gasteiger partial charge in [-0.15, -0.1) is 0 Å². The van der Waals surface area contributed by atoms with Gasteiger partial charge < -0.3 is 15.3 Å². The van der Waals surface area contributed by atoms with Gasteiger partial charge in [0.2, 0.25) is 5.95 Å². The fourth-order valence-corrected chi connectivity index (χ4v) is 3.35. The van der Waals surface area contributed by atoms with E-state index in [2.05, 4.69) is 25.3 Å². The Morgan fingerprint density at radius 3 is 3.00 bits per heavy atom. The van der Waals surface area contributed by atoms with E-state index in [1.807, 2.05) is 29.2 Å². The number of aromatic nitrogens is 4. The van der Waals surface area contributed by atoms with Gasteiger partial charge in [0, 0.05) is 50.2 Å². The fourth-order valence-electron chi connectivity index (χ4n) is 3.35. The number of hydrogen-bond donors (Lipinski definition) is 2. The monoisotopic (exact) mass is 328 g/mol. The van der Waals surface area contributed by atoms with Gasteiger partial charge in [-0.25, -0.2) is 4.98 Å². The van der Waals surface area contributed by atoms with Crippen molar-refractivity contribution in [1.82, 2.24) is 19.7 Å². The lowest BCUT2D eigenvalue weighted by Crippen LogP contribution is -2.38. The smallest absolute Gasteiger partial charge is 0.224 e. The second kappa shape index (κ2) is 6.39. The average molecular weight is 328 g/mol. The summed E-state index contributed by atoms with van der Waals surface area (Å²) < 4.78 is 2.00.